The van der Waals surface area contributed by atoms with Gasteiger partial charge in [0.25, 0.3) is 0 Å². The summed E-state index contributed by atoms with van der Waals surface area (Å²) < 4.78 is 5.74. The van der Waals surface area contributed by atoms with E-state index in [0.29, 0.717) is 12.5 Å². The molecule has 6 heteroatoms. The van der Waals surface area contributed by atoms with E-state index in [2.05, 4.69) is 20.3 Å². The van der Waals surface area contributed by atoms with E-state index in [-0.39, 0.29) is 0 Å². The van der Waals surface area contributed by atoms with Gasteiger partial charge in [-0.15, -0.1) is 0 Å². The molecule has 1 N–H and O–H groups in total. The van der Waals surface area contributed by atoms with Crippen molar-refractivity contribution >= 4 is 17.6 Å². The molecule has 0 aliphatic carbocycles. The van der Waals surface area contributed by atoms with E-state index in [4.69, 9.17) is 4.74 Å². The van der Waals surface area contributed by atoms with Crippen molar-refractivity contribution in [3.05, 3.63) is 36.2 Å². The minimum absolute atomic E-state index is 0.625. The van der Waals surface area contributed by atoms with E-state index in [1.54, 1.807) is 0 Å². The number of hydrogen-bond acceptors (Lipinski definition) is 6. The van der Waals surface area contributed by atoms with Crippen molar-refractivity contribution in [3.63, 3.8) is 0 Å². The molecule has 0 aliphatic rings. The van der Waals surface area contributed by atoms with Crippen molar-refractivity contribution in [2.24, 2.45) is 0 Å². The Kier molecular flexibility index (Phi) is 6.27. The van der Waals surface area contributed by atoms with Crippen LogP contribution in [0.5, 0.6) is 5.88 Å². The third kappa shape index (κ3) is 5.23. The minimum atomic E-state index is 0.625. The first-order chi connectivity index (χ1) is 10.3. The lowest BCUT2D eigenvalue weighted by molar-refractivity contribution is 0.296. The Labute approximate surface area is 129 Å². The van der Waals surface area contributed by atoms with Crippen LogP contribution >= 0.6 is 11.8 Å². The third-order valence-corrected chi connectivity index (χ3v) is 3.38. The third-order valence-electron chi connectivity index (χ3n) is 2.83. The van der Waals surface area contributed by atoms with Crippen LogP contribution in [-0.4, -0.2) is 34.4 Å². The summed E-state index contributed by atoms with van der Waals surface area (Å²) in [6, 6.07) is 5.90. The summed E-state index contributed by atoms with van der Waals surface area (Å²) >= 11 is 1.51. The SMILES string of the molecule is CCNc1cc(OCCCc2ccncc2)nc(SC)n1. The number of aromatic nitrogens is 3. The van der Waals surface area contributed by atoms with E-state index in [0.717, 1.165) is 30.4 Å². The zero-order valence-electron chi connectivity index (χ0n) is 12.4. The van der Waals surface area contributed by atoms with Gasteiger partial charge in [-0.05, 0) is 43.7 Å². The highest BCUT2D eigenvalue weighted by Gasteiger charge is 2.04. The normalized spacial score (nSPS) is 10.4. The summed E-state index contributed by atoms with van der Waals surface area (Å²) in [6.45, 7) is 3.50. The molecule has 0 fully saturated rings. The zero-order chi connectivity index (χ0) is 14.9. The van der Waals surface area contributed by atoms with Crippen molar-refractivity contribution in [1.82, 2.24) is 15.0 Å². The Bertz CT molecular complexity index is 551. The van der Waals surface area contributed by atoms with Crippen molar-refractivity contribution in [2.45, 2.75) is 24.9 Å². The fraction of sp³-hybridized carbons (Fsp3) is 0.400. The Morgan fingerprint density at radius 2 is 2.05 bits per heavy atom. The van der Waals surface area contributed by atoms with Crippen LogP contribution in [0.15, 0.2) is 35.7 Å². The summed E-state index contributed by atoms with van der Waals surface area (Å²) in [7, 11) is 0. The Morgan fingerprint density at radius 1 is 1.24 bits per heavy atom. The lowest BCUT2D eigenvalue weighted by Crippen LogP contribution is -2.05. The number of thioether (sulfide) groups is 1. The Hall–Kier alpha value is -1.82. The first-order valence-corrected chi connectivity index (χ1v) is 8.23. The predicted octanol–water partition coefficient (Wildman–Crippen LogP) is 3.04. The molecule has 21 heavy (non-hydrogen) atoms. The molecular formula is C15H20N4OS. The lowest BCUT2D eigenvalue weighted by atomic mass is 10.1. The standard InChI is InChI=1S/C15H20N4OS/c1-3-17-13-11-14(19-15(18-13)21-2)20-10-4-5-12-6-8-16-9-7-12/h6-9,11H,3-5,10H2,1-2H3,(H,17,18,19). The molecule has 2 rings (SSSR count). The zero-order valence-corrected chi connectivity index (χ0v) is 13.2. The van der Waals surface area contributed by atoms with E-state index >= 15 is 0 Å². The van der Waals surface area contributed by atoms with Gasteiger partial charge in [0.15, 0.2) is 5.16 Å². The van der Waals surface area contributed by atoms with Crippen molar-refractivity contribution < 1.29 is 4.74 Å². The van der Waals surface area contributed by atoms with Crippen LogP contribution in [0.1, 0.15) is 18.9 Å². The second-order valence-corrected chi connectivity index (χ2v) is 5.19. The first-order valence-electron chi connectivity index (χ1n) is 7.00. The molecule has 0 aromatic carbocycles. The van der Waals surface area contributed by atoms with Crippen LogP contribution in [0.2, 0.25) is 0 Å². The number of aryl methyl sites for hydroxylation is 1. The van der Waals surface area contributed by atoms with Crippen LogP contribution in [0.4, 0.5) is 5.82 Å². The van der Waals surface area contributed by atoms with Gasteiger partial charge in [-0.25, -0.2) is 4.98 Å². The highest BCUT2D eigenvalue weighted by atomic mass is 32.2. The molecule has 0 saturated carbocycles. The van der Waals surface area contributed by atoms with Crippen LogP contribution in [0.3, 0.4) is 0 Å². The summed E-state index contributed by atoms with van der Waals surface area (Å²) in [5, 5.41) is 3.91. The quantitative estimate of drug-likeness (QED) is 0.459. The number of pyridine rings is 1. The van der Waals surface area contributed by atoms with E-state index in [1.165, 1.54) is 17.3 Å². The van der Waals surface area contributed by atoms with Gasteiger partial charge in [-0.1, -0.05) is 11.8 Å². The number of nitrogens with zero attached hydrogens (tertiary/aromatic N) is 3. The number of hydrogen-bond donors (Lipinski definition) is 1. The minimum Gasteiger partial charge on any atom is -0.477 e. The molecule has 0 unspecified atom stereocenters. The van der Waals surface area contributed by atoms with Gasteiger partial charge in [-0.2, -0.15) is 4.98 Å². The van der Waals surface area contributed by atoms with Crippen molar-refractivity contribution in [1.29, 1.82) is 0 Å². The molecule has 0 amide bonds. The molecule has 2 heterocycles. The number of anilines is 1. The Balaban J connectivity index is 1.86. The van der Waals surface area contributed by atoms with Crippen LogP contribution in [-0.2, 0) is 6.42 Å². The summed E-state index contributed by atoms with van der Waals surface area (Å²) in [6.07, 6.45) is 7.50. The molecule has 2 aromatic heterocycles. The maximum absolute atomic E-state index is 5.74. The Morgan fingerprint density at radius 3 is 2.76 bits per heavy atom. The monoisotopic (exact) mass is 304 g/mol. The van der Waals surface area contributed by atoms with Gasteiger partial charge in [0.05, 0.1) is 6.61 Å². The average molecular weight is 304 g/mol. The molecule has 0 saturated heterocycles. The maximum atomic E-state index is 5.74. The van der Waals surface area contributed by atoms with Gasteiger partial charge >= 0.3 is 0 Å². The number of ether oxygens (including phenoxy) is 1. The van der Waals surface area contributed by atoms with Gasteiger partial charge in [-0.3, -0.25) is 4.98 Å². The summed E-state index contributed by atoms with van der Waals surface area (Å²) in [5.74, 6) is 1.43. The molecule has 2 aromatic rings. The number of nitrogens with one attached hydrogen (secondary N) is 1. The average Bonchev–Trinajstić information content (AvgIpc) is 2.53. The molecule has 0 spiro atoms. The highest BCUT2D eigenvalue weighted by Crippen LogP contribution is 2.19. The maximum Gasteiger partial charge on any atom is 0.219 e. The lowest BCUT2D eigenvalue weighted by Gasteiger charge is -2.09. The molecule has 5 nitrogen and oxygen atoms in total. The summed E-state index contributed by atoms with van der Waals surface area (Å²) in [5.41, 5.74) is 1.27. The molecule has 0 aliphatic heterocycles. The van der Waals surface area contributed by atoms with E-state index < -0.39 is 0 Å². The first kappa shape index (κ1) is 15.6. The molecule has 0 bridgehead atoms. The van der Waals surface area contributed by atoms with Crippen molar-refractivity contribution in [3.8, 4) is 5.88 Å². The molecule has 0 radical (unpaired) electrons. The van der Waals surface area contributed by atoms with Crippen LogP contribution in [0, 0.1) is 0 Å². The molecule has 112 valence electrons. The largest absolute Gasteiger partial charge is 0.477 e. The van der Waals surface area contributed by atoms with Gasteiger partial charge in [0.2, 0.25) is 5.88 Å². The predicted molar refractivity (Wildman–Crippen MR) is 86.0 cm³/mol. The number of rotatable bonds is 8. The van der Waals surface area contributed by atoms with Crippen LogP contribution < -0.4 is 10.1 Å². The van der Waals surface area contributed by atoms with E-state index in [9.17, 15) is 0 Å². The summed E-state index contributed by atoms with van der Waals surface area (Å²) in [4.78, 5) is 12.7. The highest BCUT2D eigenvalue weighted by molar-refractivity contribution is 7.98. The van der Waals surface area contributed by atoms with Gasteiger partial charge < -0.3 is 10.1 Å². The fourth-order valence-electron chi connectivity index (χ4n) is 1.84. The van der Waals surface area contributed by atoms with Gasteiger partial charge in [0, 0.05) is 25.0 Å². The second-order valence-electron chi connectivity index (χ2n) is 4.42. The fourth-order valence-corrected chi connectivity index (χ4v) is 2.21. The second kappa shape index (κ2) is 8.46. The topological polar surface area (TPSA) is 59.9 Å². The smallest absolute Gasteiger partial charge is 0.219 e. The van der Waals surface area contributed by atoms with E-state index in [1.807, 2.05) is 43.8 Å². The molecular weight excluding hydrogens is 284 g/mol. The van der Waals surface area contributed by atoms with Crippen molar-refractivity contribution in [2.75, 3.05) is 24.7 Å². The van der Waals surface area contributed by atoms with Crippen LogP contribution in [0.25, 0.3) is 0 Å². The van der Waals surface area contributed by atoms with Gasteiger partial charge in [0.1, 0.15) is 5.82 Å². The molecule has 0 atom stereocenters.